The summed E-state index contributed by atoms with van der Waals surface area (Å²) in [6.45, 7) is 0. The molecule has 0 amide bonds. The molecule has 1 radical (unpaired) electrons. The summed E-state index contributed by atoms with van der Waals surface area (Å²) >= 11 is 3.17. The molecule has 0 heterocycles. The zero-order valence-electron chi connectivity index (χ0n) is 1.23. The van der Waals surface area contributed by atoms with Crippen molar-refractivity contribution in [3.8, 4) is 0 Å². The first-order chi connectivity index (χ1) is 1.00. The van der Waals surface area contributed by atoms with Crippen molar-refractivity contribution in [2.75, 3.05) is 0 Å². The predicted molar refractivity (Wildman–Crippen MR) is 18.3 cm³/mol. The normalized spacial score (nSPS) is 1.50. The van der Waals surface area contributed by atoms with E-state index >= 15 is 0 Å². The quantitative estimate of drug-likeness (QED) is 0.391. The minimum absolute atomic E-state index is 0. The Labute approximate surface area is 82.0 Å². The second-order valence-electron chi connectivity index (χ2n) is 0. The van der Waals surface area contributed by atoms with Crippen LogP contribution in [0.3, 0.4) is 0 Å². The zero-order chi connectivity index (χ0) is 2.00. The molecule has 4 heteroatoms. The van der Waals surface area contributed by atoms with E-state index in [-0.39, 0.29) is 60.1 Å². The summed E-state index contributed by atoms with van der Waals surface area (Å²) in [5, 5.41) is 0. The van der Waals surface area contributed by atoms with E-state index in [1.807, 2.05) is 0 Å². The molecule has 0 aromatic carbocycles. The summed E-state index contributed by atoms with van der Waals surface area (Å²) in [7, 11) is 2.17. The average molecular weight is 239 g/mol. The fourth-order valence-corrected chi connectivity index (χ4v) is 0. The van der Waals surface area contributed by atoms with Gasteiger partial charge in [0.2, 0.25) is 0 Å². The summed E-state index contributed by atoms with van der Waals surface area (Å²) < 4.78 is 0. The fourth-order valence-electron chi connectivity index (χ4n) is 0. The van der Waals surface area contributed by atoms with Gasteiger partial charge in [-0.1, -0.05) is 0 Å². The van der Waals surface area contributed by atoms with E-state index in [9.17, 15) is 0 Å². The predicted octanol–water partition coefficient (Wildman–Crippen LogP) is -0.595. The third-order valence-corrected chi connectivity index (χ3v) is 0. The first-order valence-electron chi connectivity index (χ1n) is 0.204. The van der Waals surface area contributed by atoms with Crippen LogP contribution in [0.4, 0.5) is 0 Å². The van der Waals surface area contributed by atoms with Crippen LogP contribution in [0, 0.1) is 0 Å². The van der Waals surface area contributed by atoms with Crippen LogP contribution in [0.25, 0.3) is 0 Å². The van der Waals surface area contributed by atoms with Gasteiger partial charge in [-0.25, -0.2) is 0 Å². The fraction of sp³-hybridized carbons (Fsp3) is 0. The van der Waals surface area contributed by atoms with Gasteiger partial charge in [-0.05, 0) is 0 Å². The molecular weight excluding hydrogens is 235 g/mol. The van der Waals surface area contributed by atoms with Crippen molar-refractivity contribution in [2.24, 2.45) is 0 Å². The molecule has 4 heavy (non-hydrogen) atoms. The van der Waals surface area contributed by atoms with E-state index in [2.05, 4.69) is 23.5 Å². The SMILES string of the molecule is [Ag].[CaH2].[PH2][Fe]. The van der Waals surface area contributed by atoms with Crippen molar-refractivity contribution in [1.29, 1.82) is 0 Å². The van der Waals surface area contributed by atoms with E-state index in [4.69, 9.17) is 0 Å². The summed E-state index contributed by atoms with van der Waals surface area (Å²) in [4.78, 5) is 0. The molecule has 0 rings (SSSR count). The molecule has 0 aliphatic rings. The van der Waals surface area contributed by atoms with E-state index in [0.29, 0.717) is 0 Å². The molecule has 30 valence electrons. The van der Waals surface area contributed by atoms with E-state index in [0.717, 1.165) is 0 Å². The topological polar surface area (TPSA) is 0 Å². The van der Waals surface area contributed by atoms with Crippen LogP contribution in [0.1, 0.15) is 0 Å². The second kappa shape index (κ2) is 16.8. The van der Waals surface area contributed by atoms with Gasteiger partial charge in [0.1, 0.15) is 0 Å². The number of hydrogen-bond acceptors (Lipinski definition) is 0. The first kappa shape index (κ1) is 15.8. The molecule has 0 aliphatic heterocycles. The summed E-state index contributed by atoms with van der Waals surface area (Å²) in [5.41, 5.74) is 0. The van der Waals surface area contributed by atoms with Gasteiger partial charge in [-0.3, -0.25) is 0 Å². The molecule has 0 spiro atoms. The van der Waals surface area contributed by atoms with Crippen LogP contribution >= 0.6 is 7.93 Å². The van der Waals surface area contributed by atoms with Crippen molar-refractivity contribution in [3.05, 3.63) is 0 Å². The molecule has 0 saturated heterocycles. The third kappa shape index (κ3) is 8.87. The number of rotatable bonds is 0. The molecule has 0 N–H and O–H groups in total. The van der Waals surface area contributed by atoms with E-state index in [1.165, 1.54) is 0 Å². The maximum absolute atomic E-state index is 3.17. The molecule has 0 nitrogen and oxygen atoms in total. The Balaban J connectivity index is -0.00000000500. The van der Waals surface area contributed by atoms with Gasteiger partial charge in [0.15, 0.2) is 0 Å². The molecule has 0 aliphatic carbocycles. The Morgan fingerprint density at radius 1 is 1.25 bits per heavy atom. The van der Waals surface area contributed by atoms with Crippen LogP contribution in [0.15, 0.2) is 0 Å². The Hall–Kier alpha value is 2.95. The van der Waals surface area contributed by atoms with E-state index in [1.54, 1.807) is 0 Å². The van der Waals surface area contributed by atoms with Crippen molar-refractivity contribution in [2.45, 2.75) is 0 Å². The van der Waals surface area contributed by atoms with Crippen LogP contribution in [0.5, 0.6) is 0 Å². The molecule has 1 atom stereocenters. The third-order valence-electron chi connectivity index (χ3n) is 0. The van der Waals surface area contributed by atoms with E-state index < -0.39 is 0 Å². The Morgan fingerprint density at radius 3 is 1.25 bits per heavy atom. The van der Waals surface area contributed by atoms with Crippen LogP contribution < -0.4 is 0 Å². The summed E-state index contributed by atoms with van der Waals surface area (Å²) in [5.74, 6) is 0. The molecule has 0 saturated carbocycles. The van der Waals surface area contributed by atoms with Crippen LogP contribution in [-0.2, 0) is 38.0 Å². The van der Waals surface area contributed by atoms with Gasteiger partial charge < -0.3 is 0 Å². The van der Waals surface area contributed by atoms with Gasteiger partial charge in [-0.15, -0.1) is 0 Å². The second-order valence-corrected chi connectivity index (χ2v) is 0. The molecule has 1 unspecified atom stereocenters. The van der Waals surface area contributed by atoms with Gasteiger partial charge in [0.05, 0.1) is 0 Å². The maximum atomic E-state index is 3.17. The molecule has 0 aromatic heterocycles. The van der Waals surface area contributed by atoms with Crippen LogP contribution in [-0.4, -0.2) is 37.7 Å². The van der Waals surface area contributed by atoms with Crippen molar-refractivity contribution in [3.63, 3.8) is 0 Å². The van der Waals surface area contributed by atoms with Crippen molar-refractivity contribution < 1.29 is 38.0 Å². The van der Waals surface area contributed by atoms with Crippen molar-refractivity contribution in [1.82, 2.24) is 0 Å². The molecule has 0 aromatic rings. The van der Waals surface area contributed by atoms with Gasteiger partial charge in [-0.2, -0.15) is 0 Å². The molecule has 0 bridgehead atoms. The minimum atomic E-state index is 0. The Morgan fingerprint density at radius 2 is 1.25 bits per heavy atom. The molecule has 0 fully saturated rings. The zero-order valence-corrected chi connectivity index (χ0v) is 4.97. The van der Waals surface area contributed by atoms with Gasteiger partial charge in [0.25, 0.3) is 0 Å². The van der Waals surface area contributed by atoms with Crippen molar-refractivity contribution >= 4 is 45.7 Å². The average Bonchev–Trinajstić information content (AvgIpc) is 1.00. The summed E-state index contributed by atoms with van der Waals surface area (Å²) in [6.07, 6.45) is 0. The van der Waals surface area contributed by atoms with Crippen LogP contribution in [0.2, 0.25) is 0 Å². The summed E-state index contributed by atoms with van der Waals surface area (Å²) in [6, 6.07) is 0. The molecular formula is H4AgCaFeP. The standard InChI is InChI=1S/Ag.Ca.Fe.H2P.2H/h;;;1H2;;/q;;+1;-1;;. The number of hydrogen-bond donors (Lipinski definition) is 0. The van der Waals surface area contributed by atoms with Gasteiger partial charge >= 0.3 is 61.2 Å². The Bertz CT molecular complexity index is 8.00. The van der Waals surface area contributed by atoms with Gasteiger partial charge in [0, 0.05) is 22.4 Å². The monoisotopic (exact) mass is 238 g/mol. The first-order valence-corrected chi connectivity index (χ1v) is 2.52. The Kier molecular flexibility index (Phi) is 66.1.